The first kappa shape index (κ1) is 14.7. The van der Waals surface area contributed by atoms with E-state index < -0.39 is 0 Å². The summed E-state index contributed by atoms with van der Waals surface area (Å²) < 4.78 is 8.18. The van der Waals surface area contributed by atoms with Crippen LogP contribution in [0.15, 0.2) is 30.3 Å². The second kappa shape index (κ2) is 5.87. The van der Waals surface area contributed by atoms with E-state index in [9.17, 15) is 0 Å². The molecular weight excluding hydrogens is 327 g/mol. The van der Waals surface area contributed by atoms with E-state index in [1.807, 2.05) is 37.3 Å². The number of hydrogen-bond acceptors (Lipinski definition) is 3. The van der Waals surface area contributed by atoms with Crippen molar-refractivity contribution in [3.63, 3.8) is 0 Å². The van der Waals surface area contributed by atoms with Crippen molar-refractivity contribution in [1.82, 2.24) is 9.55 Å². The highest BCUT2D eigenvalue weighted by atomic mass is 35.5. The van der Waals surface area contributed by atoms with Gasteiger partial charge in [-0.3, -0.25) is 0 Å². The fourth-order valence-corrected chi connectivity index (χ4v) is 3.56. The van der Waals surface area contributed by atoms with Gasteiger partial charge in [0.1, 0.15) is 11.6 Å². The molecule has 1 atom stereocenters. The van der Waals surface area contributed by atoms with Crippen molar-refractivity contribution in [2.75, 3.05) is 7.11 Å². The average Bonchev–Trinajstić information content (AvgIpc) is 3.03. The normalized spacial score (nSPS) is 12.8. The minimum absolute atomic E-state index is 0.168. The molecule has 3 nitrogen and oxygen atoms in total. The molecule has 0 saturated heterocycles. The lowest BCUT2D eigenvalue weighted by Gasteiger charge is -2.09. The zero-order valence-electron chi connectivity index (χ0n) is 11.6. The van der Waals surface area contributed by atoms with Crippen LogP contribution in [-0.4, -0.2) is 16.7 Å². The Bertz CT molecular complexity index is 779. The van der Waals surface area contributed by atoms with Crippen LogP contribution in [0.5, 0.6) is 5.75 Å². The van der Waals surface area contributed by atoms with Gasteiger partial charge in [0.25, 0.3) is 0 Å². The van der Waals surface area contributed by atoms with Gasteiger partial charge in [0.2, 0.25) is 0 Å². The predicted molar refractivity (Wildman–Crippen MR) is 89.0 cm³/mol. The first-order chi connectivity index (χ1) is 10.1. The molecule has 1 aromatic carbocycles. The van der Waals surface area contributed by atoms with Gasteiger partial charge < -0.3 is 9.30 Å². The quantitative estimate of drug-likeness (QED) is 0.617. The van der Waals surface area contributed by atoms with Gasteiger partial charge in [-0.15, -0.1) is 22.9 Å². The number of nitrogens with zero attached hydrogens (tertiary/aromatic N) is 2. The minimum atomic E-state index is -0.168. The van der Waals surface area contributed by atoms with Gasteiger partial charge in [-0.05, 0) is 31.2 Å². The van der Waals surface area contributed by atoms with E-state index in [1.165, 1.54) is 4.88 Å². The summed E-state index contributed by atoms with van der Waals surface area (Å²) in [4.78, 5) is 5.82. The Hall–Kier alpha value is -1.23. The van der Waals surface area contributed by atoms with Crippen molar-refractivity contribution in [3.8, 4) is 5.75 Å². The highest BCUT2D eigenvalue weighted by Gasteiger charge is 2.16. The lowest BCUT2D eigenvalue weighted by Crippen LogP contribution is -2.04. The molecule has 0 amide bonds. The molecule has 0 bridgehead atoms. The van der Waals surface area contributed by atoms with Crippen molar-refractivity contribution in [1.29, 1.82) is 0 Å². The van der Waals surface area contributed by atoms with Crippen molar-refractivity contribution >= 4 is 45.6 Å². The first-order valence-corrected chi connectivity index (χ1v) is 8.14. The highest BCUT2D eigenvalue weighted by molar-refractivity contribution is 7.16. The number of thiophene rings is 1. The molecule has 3 rings (SSSR count). The largest absolute Gasteiger partial charge is 0.497 e. The van der Waals surface area contributed by atoms with Crippen LogP contribution in [0.1, 0.15) is 23.0 Å². The van der Waals surface area contributed by atoms with Gasteiger partial charge in [-0.1, -0.05) is 11.6 Å². The van der Waals surface area contributed by atoms with Crippen LogP contribution in [0.4, 0.5) is 0 Å². The van der Waals surface area contributed by atoms with Crippen molar-refractivity contribution in [2.24, 2.45) is 0 Å². The van der Waals surface area contributed by atoms with Crippen LogP contribution in [-0.2, 0) is 6.54 Å². The maximum atomic E-state index is 6.29. The number of hydrogen-bond donors (Lipinski definition) is 0. The van der Waals surface area contributed by atoms with E-state index in [2.05, 4.69) is 9.55 Å². The summed E-state index contributed by atoms with van der Waals surface area (Å²) in [5.74, 6) is 1.64. The summed E-state index contributed by atoms with van der Waals surface area (Å²) >= 11 is 13.9. The Morgan fingerprint density at radius 3 is 2.76 bits per heavy atom. The van der Waals surface area contributed by atoms with Crippen LogP contribution in [0, 0.1) is 0 Å². The smallest absolute Gasteiger partial charge is 0.128 e. The number of aromatic nitrogens is 2. The Morgan fingerprint density at radius 2 is 2.14 bits per heavy atom. The molecule has 2 aromatic heterocycles. The van der Waals surface area contributed by atoms with Crippen LogP contribution in [0.2, 0.25) is 4.34 Å². The van der Waals surface area contributed by atoms with Crippen LogP contribution >= 0.6 is 34.5 Å². The summed E-state index contributed by atoms with van der Waals surface area (Å²) in [6.07, 6.45) is 0. The number of rotatable bonds is 4. The maximum absolute atomic E-state index is 6.29. The molecule has 0 aliphatic carbocycles. The molecule has 1 unspecified atom stereocenters. The lowest BCUT2D eigenvalue weighted by molar-refractivity contribution is 0.415. The van der Waals surface area contributed by atoms with E-state index in [4.69, 9.17) is 27.9 Å². The number of imidazole rings is 1. The van der Waals surface area contributed by atoms with Crippen molar-refractivity contribution in [3.05, 3.63) is 45.4 Å². The third-order valence-electron chi connectivity index (χ3n) is 3.28. The van der Waals surface area contributed by atoms with E-state index in [1.54, 1.807) is 18.4 Å². The summed E-state index contributed by atoms with van der Waals surface area (Å²) in [5, 5.41) is -0.168. The molecule has 0 aliphatic heterocycles. The van der Waals surface area contributed by atoms with Gasteiger partial charge in [-0.25, -0.2) is 4.98 Å². The molecule has 0 fully saturated rings. The third kappa shape index (κ3) is 2.89. The molecule has 0 saturated carbocycles. The summed E-state index contributed by atoms with van der Waals surface area (Å²) in [5.41, 5.74) is 1.93. The first-order valence-electron chi connectivity index (χ1n) is 6.51. The Labute approximate surface area is 137 Å². The second-order valence-corrected chi connectivity index (χ2v) is 7.19. The lowest BCUT2D eigenvalue weighted by atomic mass is 10.3. The summed E-state index contributed by atoms with van der Waals surface area (Å²) in [7, 11) is 1.65. The molecule has 3 aromatic rings. The zero-order chi connectivity index (χ0) is 15.0. The molecule has 0 radical (unpaired) electrons. The fourth-order valence-electron chi connectivity index (χ4n) is 2.32. The topological polar surface area (TPSA) is 27.1 Å². The second-order valence-electron chi connectivity index (χ2n) is 4.73. The predicted octanol–water partition coefficient (Wildman–Crippen LogP) is 5.11. The van der Waals surface area contributed by atoms with Crippen LogP contribution < -0.4 is 4.74 Å². The van der Waals surface area contributed by atoms with Crippen LogP contribution in [0.3, 0.4) is 0 Å². The molecular formula is C15H14Cl2N2OS. The van der Waals surface area contributed by atoms with E-state index in [0.29, 0.717) is 6.54 Å². The van der Waals surface area contributed by atoms with Gasteiger partial charge in [0, 0.05) is 10.9 Å². The fraction of sp³-hybridized carbons (Fsp3) is 0.267. The van der Waals surface area contributed by atoms with Crippen LogP contribution in [0.25, 0.3) is 11.0 Å². The number of halogens is 2. The molecule has 0 N–H and O–H groups in total. The van der Waals surface area contributed by atoms with Gasteiger partial charge >= 0.3 is 0 Å². The molecule has 6 heteroatoms. The van der Waals surface area contributed by atoms with Gasteiger partial charge in [0.05, 0.1) is 34.4 Å². The van der Waals surface area contributed by atoms with E-state index in [-0.39, 0.29) is 5.38 Å². The maximum Gasteiger partial charge on any atom is 0.128 e. The minimum Gasteiger partial charge on any atom is -0.497 e. The standard InChI is InChI=1S/C15H14Cl2N2OS/c1-9(16)15-18-12-7-10(20-2)3-5-13(12)19(15)8-11-4-6-14(17)21-11/h3-7,9H,8H2,1-2H3. The Morgan fingerprint density at radius 1 is 1.33 bits per heavy atom. The molecule has 21 heavy (non-hydrogen) atoms. The van der Waals surface area contributed by atoms with Gasteiger partial charge in [-0.2, -0.15) is 0 Å². The molecule has 110 valence electrons. The number of ether oxygens (including phenoxy) is 1. The van der Waals surface area contributed by atoms with E-state index >= 15 is 0 Å². The number of benzene rings is 1. The third-order valence-corrected chi connectivity index (χ3v) is 4.69. The van der Waals surface area contributed by atoms with Gasteiger partial charge in [0.15, 0.2) is 0 Å². The highest BCUT2D eigenvalue weighted by Crippen LogP contribution is 2.30. The average molecular weight is 341 g/mol. The monoisotopic (exact) mass is 340 g/mol. The number of fused-ring (bicyclic) bond motifs is 1. The van der Waals surface area contributed by atoms with E-state index in [0.717, 1.165) is 26.9 Å². The molecule has 0 aliphatic rings. The summed E-state index contributed by atoms with van der Waals surface area (Å²) in [6, 6.07) is 9.82. The zero-order valence-corrected chi connectivity index (χ0v) is 14.0. The Balaban J connectivity index is 2.11. The van der Waals surface area contributed by atoms with Crippen molar-refractivity contribution in [2.45, 2.75) is 18.8 Å². The SMILES string of the molecule is COc1ccc2c(c1)nc(C(C)Cl)n2Cc1ccc(Cl)s1. The Kier molecular flexibility index (Phi) is 4.11. The van der Waals surface area contributed by atoms with Crippen molar-refractivity contribution < 1.29 is 4.74 Å². The molecule has 2 heterocycles. The molecule has 0 spiro atoms. The number of alkyl halides is 1. The number of methoxy groups -OCH3 is 1. The summed E-state index contributed by atoms with van der Waals surface area (Å²) in [6.45, 7) is 2.64.